The molecule has 2 nitrogen and oxygen atoms in total. The molecule has 0 radical (unpaired) electrons. The Balaban J connectivity index is 1.79. The Labute approximate surface area is 123 Å². The molecule has 0 spiro atoms. The molecule has 1 fully saturated rings. The number of thiophene rings is 1. The van der Waals surface area contributed by atoms with Crippen LogP contribution in [0.4, 0.5) is 0 Å². The summed E-state index contributed by atoms with van der Waals surface area (Å²) in [5.74, 6) is 0.824. The van der Waals surface area contributed by atoms with Crippen LogP contribution < -0.4 is 5.32 Å². The number of likely N-dealkylation sites (tertiary alicyclic amines) is 1. The number of nitrogens with zero attached hydrogens (tertiary/aromatic N) is 1. The molecule has 0 aliphatic carbocycles. The van der Waals surface area contributed by atoms with Gasteiger partial charge in [0.25, 0.3) is 0 Å². The number of halogens is 1. The molecule has 2 rings (SSSR count). The van der Waals surface area contributed by atoms with Gasteiger partial charge in [-0.25, -0.2) is 0 Å². The lowest BCUT2D eigenvalue weighted by Gasteiger charge is -2.33. The first-order valence-electron chi connectivity index (χ1n) is 6.83. The van der Waals surface area contributed by atoms with Gasteiger partial charge in [0.15, 0.2) is 0 Å². The van der Waals surface area contributed by atoms with Crippen molar-refractivity contribution < 1.29 is 0 Å². The highest BCUT2D eigenvalue weighted by atomic mass is 79.9. The van der Waals surface area contributed by atoms with Gasteiger partial charge in [-0.3, -0.25) is 4.90 Å². The first kappa shape index (κ1) is 14.5. The lowest BCUT2D eigenvalue weighted by molar-refractivity contribution is 0.165. The Bertz CT molecular complexity index is 364. The largest absolute Gasteiger partial charge is 0.314 e. The summed E-state index contributed by atoms with van der Waals surface area (Å²) in [4.78, 5) is 4.08. The number of nitrogens with one attached hydrogen (secondary N) is 1. The monoisotopic (exact) mass is 330 g/mol. The van der Waals surface area contributed by atoms with E-state index in [1.165, 1.54) is 41.1 Å². The van der Waals surface area contributed by atoms with E-state index in [1.807, 2.05) is 11.3 Å². The molecular formula is C14H23BrN2S. The summed E-state index contributed by atoms with van der Waals surface area (Å²) in [6.45, 7) is 9.24. The summed E-state index contributed by atoms with van der Waals surface area (Å²) >= 11 is 5.40. The summed E-state index contributed by atoms with van der Waals surface area (Å²) in [7, 11) is 0. The van der Waals surface area contributed by atoms with Gasteiger partial charge in [0.2, 0.25) is 0 Å². The number of rotatable bonds is 5. The van der Waals surface area contributed by atoms with Crippen LogP contribution in [0.15, 0.2) is 15.9 Å². The third-order valence-electron chi connectivity index (χ3n) is 3.43. The van der Waals surface area contributed by atoms with Gasteiger partial charge in [0.1, 0.15) is 0 Å². The lowest BCUT2D eigenvalue weighted by atomic mass is 9.97. The fourth-order valence-corrected chi connectivity index (χ4v) is 4.05. The van der Waals surface area contributed by atoms with Gasteiger partial charge >= 0.3 is 0 Å². The molecule has 102 valence electrons. The molecule has 4 heteroatoms. The van der Waals surface area contributed by atoms with Gasteiger partial charge in [-0.2, -0.15) is 0 Å². The van der Waals surface area contributed by atoms with Gasteiger partial charge in [-0.1, -0.05) is 13.8 Å². The Morgan fingerprint density at radius 2 is 2.33 bits per heavy atom. The summed E-state index contributed by atoms with van der Waals surface area (Å²) in [5.41, 5.74) is 0. The molecule has 18 heavy (non-hydrogen) atoms. The van der Waals surface area contributed by atoms with E-state index >= 15 is 0 Å². The SMILES string of the molecule is CC(C)NCC1CCCN(Cc2ccc(Br)s2)C1. The van der Waals surface area contributed by atoms with Crippen LogP contribution in [0.3, 0.4) is 0 Å². The van der Waals surface area contributed by atoms with Crippen LogP contribution in [0, 0.1) is 5.92 Å². The van der Waals surface area contributed by atoms with E-state index in [0.29, 0.717) is 6.04 Å². The number of hydrogen-bond acceptors (Lipinski definition) is 3. The fourth-order valence-electron chi connectivity index (χ4n) is 2.52. The Kier molecular flexibility index (Phi) is 5.67. The van der Waals surface area contributed by atoms with E-state index in [9.17, 15) is 0 Å². The molecule has 1 N–H and O–H groups in total. The Morgan fingerprint density at radius 3 is 3.00 bits per heavy atom. The minimum absolute atomic E-state index is 0.605. The molecule has 1 aromatic rings. The Hall–Kier alpha value is 0.1000. The van der Waals surface area contributed by atoms with Crippen molar-refractivity contribution in [1.82, 2.24) is 10.2 Å². The smallest absolute Gasteiger partial charge is 0.0701 e. The minimum atomic E-state index is 0.605. The Morgan fingerprint density at radius 1 is 1.50 bits per heavy atom. The maximum atomic E-state index is 3.57. The third kappa shape index (κ3) is 4.65. The standard InChI is InChI=1S/C14H23BrN2S/c1-11(2)16-8-12-4-3-7-17(9-12)10-13-5-6-14(15)18-13/h5-6,11-12,16H,3-4,7-10H2,1-2H3. The maximum absolute atomic E-state index is 3.57. The van der Waals surface area contributed by atoms with Crippen molar-refractivity contribution >= 4 is 27.3 Å². The number of hydrogen-bond donors (Lipinski definition) is 1. The normalized spacial score (nSPS) is 21.7. The van der Waals surface area contributed by atoms with Crippen LogP contribution >= 0.6 is 27.3 Å². The predicted molar refractivity (Wildman–Crippen MR) is 83.2 cm³/mol. The highest BCUT2D eigenvalue weighted by Gasteiger charge is 2.20. The predicted octanol–water partition coefficient (Wildman–Crippen LogP) is 3.72. The van der Waals surface area contributed by atoms with E-state index in [1.54, 1.807) is 0 Å². The summed E-state index contributed by atoms with van der Waals surface area (Å²) < 4.78 is 1.24. The second-order valence-electron chi connectivity index (χ2n) is 5.51. The van der Waals surface area contributed by atoms with Gasteiger partial charge in [0, 0.05) is 24.0 Å². The zero-order valence-electron chi connectivity index (χ0n) is 11.3. The van der Waals surface area contributed by atoms with E-state index in [2.05, 4.69) is 52.1 Å². The summed E-state index contributed by atoms with van der Waals surface area (Å²) in [6, 6.07) is 5.00. The van der Waals surface area contributed by atoms with Crippen molar-refractivity contribution in [2.45, 2.75) is 39.3 Å². The molecular weight excluding hydrogens is 308 g/mol. The molecule has 1 aliphatic rings. The quantitative estimate of drug-likeness (QED) is 0.885. The second-order valence-corrected chi connectivity index (χ2v) is 8.06. The van der Waals surface area contributed by atoms with Gasteiger partial charge in [-0.05, 0) is 59.9 Å². The van der Waals surface area contributed by atoms with Crippen LogP contribution in [0.5, 0.6) is 0 Å². The molecule has 1 saturated heterocycles. The first-order chi connectivity index (χ1) is 8.63. The fraction of sp³-hybridized carbons (Fsp3) is 0.714. The topological polar surface area (TPSA) is 15.3 Å². The van der Waals surface area contributed by atoms with E-state index in [0.717, 1.165) is 12.5 Å². The van der Waals surface area contributed by atoms with Gasteiger partial charge in [0.05, 0.1) is 3.79 Å². The van der Waals surface area contributed by atoms with Crippen molar-refractivity contribution in [2.24, 2.45) is 5.92 Å². The zero-order valence-corrected chi connectivity index (χ0v) is 13.7. The van der Waals surface area contributed by atoms with Crippen LogP contribution in [0.1, 0.15) is 31.6 Å². The van der Waals surface area contributed by atoms with E-state index in [4.69, 9.17) is 0 Å². The van der Waals surface area contributed by atoms with Gasteiger partial charge < -0.3 is 5.32 Å². The minimum Gasteiger partial charge on any atom is -0.314 e. The van der Waals surface area contributed by atoms with Crippen LogP contribution in [-0.4, -0.2) is 30.6 Å². The van der Waals surface area contributed by atoms with Crippen molar-refractivity contribution in [3.8, 4) is 0 Å². The average Bonchev–Trinajstić information content (AvgIpc) is 2.73. The summed E-state index contributed by atoms with van der Waals surface area (Å²) in [5, 5.41) is 3.57. The molecule has 1 atom stereocenters. The highest BCUT2D eigenvalue weighted by molar-refractivity contribution is 9.11. The van der Waals surface area contributed by atoms with Crippen LogP contribution in [-0.2, 0) is 6.54 Å². The molecule has 2 heterocycles. The third-order valence-corrected chi connectivity index (χ3v) is 5.03. The number of piperidine rings is 1. The lowest BCUT2D eigenvalue weighted by Crippen LogP contribution is -2.40. The van der Waals surface area contributed by atoms with Crippen LogP contribution in [0.25, 0.3) is 0 Å². The molecule has 1 unspecified atom stereocenters. The molecule has 1 aromatic heterocycles. The molecule has 0 aromatic carbocycles. The average molecular weight is 331 g/mol. The van der Waals surface area contributed by atoms with E-state index < -0.39 is 0 Å². The molecule has 0 bridgehead atoms. The summed E-state index contributed by atoms with van der Waals surface area (Å²) in [6.07, 6.45) is 2.72. The molecule has 1 aliphatic heterocycles. The first-order valence-corrected chi connectivity index (χ1v) is 8.44. The van der Waals surface area contributed by atoms with Gasteiger partial charge in [-0.15, -0.1) is 11.3 Å². The maximum Gasteiger partial charge on any atom is 0.0701 e. The zero-order chi connectivity index (χ0) is 13.0. The second kappa shape index (κ2) is 7.04. The molecule has 0 saturated carbocycles. The van der Waals surface area contributed by atoms with Crippen molar-refractivity contribution in [2.75, 3.05) is 19.6 Å². The molecule has 0 amide bonds. The highest BCUT2D eigenvalue weighted by Crippen LogP contribution is 2.25. The van der Waals surface area contributed by atoms with Crippen molar-refractivity contribution in [3.05, 3.63) is 20.8 Å². The van der Waals surface area contributed by atoms with Crippen LogP contribution in [0.2, 0.25) is 0 Å². The van der Waals surface area contributed by atoms with Crippen molar-refractivity contribution in [3.63, 3.8) is 0 Å². The van der Waals surface area contributed by atoms with E-state index in [-0.39, 0.29) is 0 Å². The van der Waals surface area contributed by atoms with Crippen molar-refractivity contribution in [1.29, 1.82) is 0 Å².